The summed E-state index contributed by atoms with van der Waals surface area (Å²) in [5, 5.41) is 10.4. The van der Waals surface area contributed by atoms with Gasteiger partial charge in [0.2, 0.25) is 12.4 Å². The van der Waals surface area contributed by atoms with Gasteiger partial charge in [0.15, 0.2) is 42.9 Å². The first-order valence-corrected chi connectivity index (χ1v) is 16.1. The molecule has 1 aromatic rings. The van der Waals surface area contributed by atoms with Crippen molar-refractivity contribution in [3.8, 4) is 0 Å². The minimum atomic E-state index is -1.83. The maximum Gasteiger partial charge on any atom is 0.305 e. The highest BCUT2D eigenvalue weighted by Crippen LogP contribution is 2.35. The average Bonchev–Trinajstić information content (AvgIpc) is 3.51. The van der Waals surface area contributed by atoms with E-state index in [4.69, 9.17) is 47.4 Å². The van der Waals surface area contributed by atoms with Crippen LogP contribution in [0.5, 0.6) is 0 Å². The van der Waals surface area contributed by atoms with E-state index in [-0.39, 0.29) is 5.69 Å². The van der Waals surface area contributed by atoms with E-state index >= 15 is 0 Å². The minimum absolute atomic E-state index is 0.0157. The fourth-order valence-corrected chi connectivity index (χ4v) is 5.46. The third kappa shape index (κ3) is 11.9. The first kappa shape index (κ1) is 42.7. The molecule has 0 saturated carbocycles. The van der Waals surface area contributed by atoms with Gasteiger partial charge in [0.25, 0.3) is 5.91 Å². The lowest BCUT2D eigenvalue weighted by Gasteiger charge is -2.44. The molecular formula is C31H40N4O19. The summed E-state index contributed by atoms with van der Waals surface area (Å²) >= 11 is 0. The van der Waals surface area contributed by atoms with Crippen LogP contribution >= 0.6 is 0 Å². The van der Waals surface area contributed by atoms with Gasteiger partial charge in [-0.3, -0.25) is 43.2 Å². The normalized spacial score (nSPS) is 27.6. The monoisotopic (exact) mass is 772 g/mol. The van der Waals surface area contributed by atoms with Crippen molar-refractivity contribution in [2.75, 3.05) is 6.61 Å². The van der Waals surface area contributed by atoms with Crippen molar-refractivity contribution in [1.82, 2.24) is 20.3 Å². The second-order valence-corrected chi connectivity index (χ2v) is 11.8. The fourth-order valence-electron chi connectivity index (χ4n) is 5.46. The zero-order valence-electron chi connectivity index (χ0n) is 30.4. The van der Waals surface area contributed by atoms with E-state index in [9.17, 15) is 43.2 Å². The molecule has 0 radical (unpaired) electrons. The number of amides is 1. The maximum absolute atomic E-state index is 13.6. The quantitative estimate of drug-likeness (QED) is 0.171. The Bertz CT molecular complexity index is 1610. The number of hydrogen-bond acceptors (Lipinski definition) is 21. The molecule has 23 heteroatoms. The molecule has 298 valence electrons. The third-order valence-electron chi connectivity index (χ3n) is 7.17. The lowest BCUT2D eigenvalue weighted by atomic mass is 9.97. The molecule has 0 bridgehead atoms. The van der Waals surface area contributed by atoms with Crippen LogP contribution in [0, 0.1) is 0 Å². The number of nitrogens with zero attached hydrogens (tertiary/aromatic N) is 3. The summed E-state index contributed by atoms with van der Waals surface area (Å²) < 4.78 is 54.8. The Morgan fingerprint density at radius 1 is 0.593 bits per heavy atom. The Kier molecular flexibility index (Phi) is 14.9. The van der Waals surface area contributed by atoms with Crippen LogP contribution in [0.3, 0.4) is 0 Å². The Labute approximate surface area is 306 Å². The molecule has 0 unspecified atom stereocenters. The lowest BCUT2D eigenvalue weighted by molar-refractivity contribution is -0.290. The van der Waals surface area contributed by atoms with Crippen molar-refractivity contribution in [3.05, 3.63) is 11.9 Å². The van der Waals surface area contributed by atoms with Crippen molar-refractivity contribution in [1.29, 1.82) is 0 Å². The Hall–Kier alpha value is -5.71. The smallest absolute Gasteiger partial charge is 0.305 e. The molecule has 2 aliphatic heterocycles. The number of carbonyl (C=O) groups is 9. The van der Waals surface area contributed by atoms with Crippen LogP contribution in [-0.4, -0.2) is 130 Å². The Morgan fingerprint density at radius 2 is 1.06 bits per heavy atom. The molecule has 2 fully saturated rings. The predicted molar refractivity (Wildman–Crippen MR) is 166 cm³/mol. The van der Waals surface area contributed by atoms with Crippen LogP contribution in [0.15, 0.2) is 6.20 Å². The molecule has 23 nitrogen and oxygen atoms in total. The van der Waals surface area contributed by atoms with Gasteiger partial charge < -0.3 is 52.7 Å². The summed E-state index contributed by atoms with van der Waals surface area (Å²) in [6, 6.07) is 0. The van der Waals surface area contributed by atoms with Gasteiger partial charge >= 0.3 is 47.8 Å². The number of aromatic nitrogens is 3. The molecule has 0 aromatic carbocycles. The van der Waals surface area contributed by atoms with Crippen LogP contribution in [-0.2, 0) is 97.1 Å². The van der Waals surface area contributed by atoms with E-state index in [1.807, 2.05) is 0 Å². The zero-order valence-corrected chi connectivity index (χ0v) is 30.4. The first-order valence-electron chi connectivity index (χ1n) is 16.1. The van der Waals surface area contributed by atoms with E-state index in [1.165, 1.54) is 6.20 Å². The molecule has 1 aromatic heterocycles. The Morgan fingerprint density at radius 3 is 1.57 bits per heavy atom. The highest BCUT2D eigenvalue weighted by atomic mass is 16.7. The van der Waals surface area contributed by atoms with Crippen molar-refractivity contribution >= 4 is 53.7 Å². The molecule has 1 amide bonds. The number of carbonyl (C=O) groups excluding carboxylic acids is 9. The molecule has 3 heterocycles. The first-order chi connectivity index (χ1) is 25.3. The van der Waals surface area contributed by atoms with Crippen LogP contribution in [0.25, 0.3) is 0 Å². The van der Waals surface area contributed by atoms with Gasteiger partial charge in [-0.15, -0.1) is 5.10 Å². The second kappa shape index (κ2) is 18.9. The molecule has 2 saturated heterocycles. The fraction of sp³-hybridized carbons (Fsp3) is 0.645. The minimum Gasteiger partial charge on any atom is -0.463 e. The average molecular weight is 773 g/mol. The van der Waals surface area contributed by atoms with Gasteiger partial charge in [0.1, 0.15) is 18.4 Å². The van der Waals surface area contributed by atoms with Crippen LogP contribution in [0.4, 0.5) is 0 Å². The molecule has 54 heavy (non-hydrogen) atoms. The third-order valence-corrected chi connectivity index (χ3v) is 7.17. The van der Waals surface area contributed by atoms with Gasteiger partial charge in [-0.1, -0.05) is 5.21 Å². The molecule has 10 atom stereocenters. The van der Waals surface area contributed by atoms with Crippen molar-refractivity contribution in [2.24, 2.45) is 0 Å². The second-order valence-electron chi connectivity index (χ2n) is 11.8. The number of nitrogens with one attached hydrogen (secondary N) is 1. The summed E-state index contributed by atoms with van der Waals surface area (Å²) in [7, 11) is 0. The van der Waals surface area contributed by atoms with E-state index in [1.54, 1.807) is 0 Å². The number of rotatable bonds is 13. The number of ether oxygens (including phenoxy) is 10. The summed E-state index contributed by atoms with van der Waals surface area (Å²) in [5.41, 5.74) is 0.0157. The van der Waals surface area contributed by atoms with Gasteiger partial charge in [-0.2, -0.15) is 0 Å². The molecule has 1 N–H and O–H groups in total. The van der Waals surface area contributed by atoms with Crippen molar-refractivity contribution in [3.63, 3.8) is 0 Å². The maximum atomic E-state index is 13.6. The predicted octanol–water partition coefficient (Wildman–Crippen LogP) is -1.77. The SMILES string of the molecule is CC(=O)OC[C@H]1O[C@@H](n2cc(CNC(=O)[C@H]3O[C@@H](OC(C)=O)[C@H](OC(C)=O)[C@@H](OC(C)=O)[C@@H]3OC(C)=O)nn2)[C@H](OC(C)=O)[C@@H](OC(C)=O)[C@@H]1OC(C)=O. The number of hydrogen-bond donors (Lipinski definition) is 1. The molecule has 0 spiro atoms. The van der Waals surface area contributed by atoms with Gasteiger partial charge in [0.05, 0.1) is 12.7 Å². The molecule has 0 aliphatic carbocycles. The van der Waals surface area contributed by atoms with Gasteiger partial charge in [-0.05, 0) is 0 Å². The van der Waals surface area contributed by atoms with Crippen LogP contribution < -0.4 is 5.32 Å². The summed E-state index contributed by atoms with van der Waals surface area (Å²) in [4.78, 5) is 110. The molecule has 2 aliphatic rings. The Balaban J connectivity index is 1.95. The summed E-state index contributed by atoms with van der Waals surface area (Å²) in [6.07, 6.45) is -14.7. The van der Waals surface area contributed by atoms with Crippen molar-refractivity contribution in [2.45, 2.75) is 123 Å². The molecule has 3 rings (SSSR count). The zero-order chi connectivity index (χ0) is 40.4. The highest BCUT2D eigenvalue weighted by Gasteiger charge is 2.56. The van der Waals surface area contributed by atoms with E-state index in [0.717, 1.165) is 60.1 Å². The largest absolute Gasteiger partial charge is 0.463 e. The van der Waals surface area contributed by atoms with Crippen molar-refractivity contribution < 1.29 is 90.5 Å². The van der Waals surface area contributed by atoms with Crippen LogP contribution in [0.2, 0.25) is 0 Å². The highest BCUT2D eigenvalue weighted by molar-refractivity contribution is 5.82. The van der Waals surface area contributed by atoms with E-state index in [0.29, 0.717) is 0 Å². The van der Waals surface area contributed by atoms with Gasteiger partial charge in [0, 0.05) is 55.4 Å². The van der Waals surface area contributed by atoms with Gasteiger partial charge in [-0.25, -0.2) is 4.68 Å². The summed E-state index contributed by atoms with van der Waals surface area (Å²) in [5.74, 6) is -8.00. The lowest BCUT2D eigenvalue weighted by Crippen LogP contribution is -2.65. The van der Waals surface area contributed by atoms with Crippen LogP contribution in [0.1, 0.15) is 67.3 Å². The van der Waals surface area contributed by atoms with E-state index < -0.39 is 128 Å². The standard InChI is InChI=1S/C31H40N4O19/c1-12(36)45-11-21-22(46-13(2)37)23(47-14(3)38)27(50-17(6)41)30(53-21)35-10-20(33-34-35)9-32-29(44)26-24(48-15(4)39)25(49-16(5)40)28(51-18(7)42)31(54-26)52-19(8)43/h10,21-28,30-31H,9,11H2,1-8H3,(H,32,44)/t21-,22-,23+,24+,25+,26+,27-,28-,30-,31-/m1/s1. The van der Waals surface area contributed by atoms with E-state index in [2.05, 4.69) is 15.6 Å². The topological polar surface area (TPSA) is 289 Å². The molecular weight excluding hydrogens is 732 g/mol. The summed E-state index contributed by atoms with van der Waals surface area (Å²) in [6.45, 7) is 7.34. The number of esters is 8.